The summed E-state index contributed by atoms with van der Waals surface area (Å²) in [6.07, 6.45) is 1.36. The smallest absolute Gasteiger partial charge is 0.294 e. The third-order valence-corrected chi connectivity index (χ3v) is 4.97. The van der Waals surface area contributed by atoms with Crippen LogP contribution in [0.15, 0.2) is 60.0 Å². The minimum atomic E-state index is -3.86. The van der Waals surface area contributed by atoms with E-state index in [0.717, 1.165) is 9.39 Å². The number of nitrogens with zero attached hydrogens (tertiary/aromatic N) is 2. The summed E-state index contributed by atoms with van der Waals surface area (Å²) in [5.74, 6) is 0.349. The van der Waals surface area contributed by atoms with E-state index < -0.39 is 14.9 Å². The zero-order valence-electron chi connectivity index (χ0n) is 14.1. The molecule has 0 amide bonds. The molecule has 136 valence electrons. The van der Waals surface area contributed by atoms with E-state index >= 15 is 0 Å². The van der Waals surface area contributed by atoms with Gasteiger partial charge in [0.1, 0.15) is 0 Å². The third kappa shape index (κ3) is 4.52. The molecule has 0 spiro atoms. The number of nitrogens with one attached hydrogen (secondary N) is 1. The molecule has 3 N–H and O–H groups in total. The molecule has 0 heterocycles. The highest BCUT2D eigenvalue weighted by atomic mass is 32.2. The van der Waals surface area contributed by atoms with Crippen LogP contribution in [-0.2, 0) is 10.0 Å². The fraction of sp³-hybridized carbons (Fsp3) is 0.118. The molecule has 26 heavy (non-hydrogen) atoms. The molecule has 0 aliphatic heterocycles. The molecule has 8 nitrogen and oxygen atoms in total. The Balaban J connectivity index is 2.39. The number of sulfonamides is 1. The number of non-ortho nitro benzene ring substituents is 1. The minimum Gasteiger partial charge on any atom is -0.294 e. The largest absolute Gasteiger partial charge is 0.325 e. The topological polar surface area (TPSA) is 118 Å². The lowest BCUT2D eigenvalue weighted by Crippen LogP contribution is -2.38. The van der Waals surface area contributed by atoms with Crippen LogP contribution >= 0.6 is 0 Å². The Hall–Kier alpha value is -3.04. The van der Waals surface area contributed by atoms with Crippen molar-refractivity contribution in [3.05, 3.63) is 81.2 Å². The Kier molecular flexibility index (Phi) is 6.21. The predicted octanol–water partition coefficient (Wildman–Crippen LogP) is 1.49. The molecule has 0 radical (unpaired) electrons. The highest BCUT2D eigenvalue weighted by molar-refractivity contribution is 7.88. The van der Waals surface area contributed by atoms with E-state index in [-0.39, 0.29) is 12.4 Å². The van der Waals surface area contributed by atoms with Crippen LogP contribution in [0.5, 0.6) is 0 Å². The quantitative estimate of drug-likeness (QED) is 0.197. The average molecular weight is 375 g/mol. The van der Waals surface area contributed by atoms with Gasteiger partial charge in [0.25, 0.3) is 11.5 Å². The zero-order valence-corrected chi connectivity index (χ0v) is 14.9. The van der Waals surface area contributed by atoms with Gasteiger partial charge in [0.05, 0.1) is 22.9 Å². The fourth-order valence-electron chi connectivity index (χ4n) is 2.28. The first-order valence-electron chi connectivity index (χ1n) is 7.64. The molecule has 0 atom stereocenters. The Bertz CT molecular complexity index is 936. The fourth-order valence-corrected chi connectivity index (χ4v) is 3.41. The van der Waals surface area contributed by atoms with Crippen molar-refractivity contribution in [2.24, 2.45) is 5.73 Å². The molecule has 2 aromatic carbocycles. The monoisotopic (exact) mass is 375 g/mol. The van der Waals surface area contributed by atoms with Gasteiger partial charge < -0.3 is 0 Å². The molecule has 0 saturated carbocycles. The summed E-state index contributed by atoms with van der Waals surface area (Å²) in [5.41, 5.74) is 6.80. The van der Waals surface area contributed by atoms with Crippen LogP contribution < -0.4 is 11.1 Å². The number of rotatable bonds is 6. The summed E-state index contributed by atoms with van der Waals surface area (Å²) >= 11 is 0. The van der Waals surface area contributed by atoms with Crippen molar-refractivity contribution < 1.29 is 17.3 Å². The normalized spacial score (nSPS) is 12.7. The molecule has 0 aliphatic rings. The summed E-state index contributed by atoms with van der Waals surface area (Å²) in [5, 5.41) is 14.5. The molecule has 9 heteroatoms. The molecule has 0 fully saturated rings. The number of nitrogens with two attached hydrogens (primary N) is 1. The molecule has 0 saturated heterocycles. The van der Waals surface area contributed by atoms with Gasteiger partial charge in [0.15, 0.2) is 6.67 Å². The van der Waals surface area contributed by atoms with Crippen molar-refractivity contribution in [1.82, 2.24) is 5.32 Å². The second-order valence-corrected chi connectivity index (χ2v) is 6.93. The second-order valence-electron chi connectivity index (χ2n) is 5.19. The Morgan fingerprint density at radius 3 is 2.27 bits per heavy atom. The third-order valence-electron chi connectivity index (χ3n) is 3.54. The number of amidine groups is 1. The summed E-state index contributed by atoms with van der Waals surface area (Å²) < 4.78 is 26.4. The number of hydrogen-bond donors (Lipinski definition) is 2. The molecular weight excluding hydrogens is 356 g/mol. The highest BCUT2D eigenvalue weighted by Gasteiger charge is 2.23. The number of benzene rings is 2. The van der Waals surface area contributed by atoms with Gasteiger partial charge in [0, 0.05) is 12.1 Å². The van der Waals surface area contributed by atoms with Crippen molar-refractivity contribution in [2.45, 2.75) is 0 Å². The second kappa shape index (κ2) is 8.37. The van der Waals surface area contributed by atoms with E-state index in [1.165, 1.54) is 30.3 Å². The van der Waals surface area contributed by atoms with Crippen molar-refractivity contribution in [1.29, 1.82) is 0 Å². The van der Waals surface area contributed by atoms with Crippen LogP contribution in [0.2, 0.25) is 0 Å². The van der Waals surface area contributed by atoms with Gasteiger partial charge in [-0.1, -0.05) is 18.2 Å². The van der Waals surface area contributed by atoms with E-state index in [9.17, 15) is 18.5 Å². The van der Waals surface area contributed by atoms with Gasteiger partial charge in [-0.3, -0.25) is 21.2 Å². The lowest BCUT2D eigenvalue weighted by molar-refractivity contribution is -0.384. The SMILES string of the molecule is CNC(c1ccccc1)=[N+](CN)S(=O)(=O)C=Cc1ccc([N+](=O)[O-])cc1. The van der Waals surface area contributed by atoms with E-state index in [0.29, 0.717) is 17.0 Å². The Labute approximate surface area is 151 Å². The molecule has 2 rings (SSSR count). The van der Waals surface area contributed by atoms with Crippen molar-refractivity contribution in [3.8, 4) is 0 Å². The zero-order chi connectivity index (χ0) is 19.2. The maximum Gasteiger partial charge on any atom is 0.325 e. The summed E-state index contributed by atoms with van der Waals surface area (Å²) in [6, 6.07) is 14.5. The molecule has 0 aromatic heterocycles. The summed E-state index contributed by atoms with van der Waals surface area (Å²) in [7, 11) is -2.25. The first-order chi connectivity index (χ1) is 12.4. The van der Waals surface area contributed by atoms with Gasteiger partial charge in [0.2, 0.25) is 0 Å². The molecule has 0 aliphatic carbocycles. The number of hydrogen-bond acceptors (Lipinski definition) is 5. The maximum atomic E-state index is 12.7. The lowest BCUT2D eigenvalue weighted by Gasteiger charge is -2.08. The van der Waals surface area contributed by atoms with Crippen LogP contribution in [0.1, 0.15) is 11.1 Å². The summed E-state index contributed by atoms with van der Waals surface area (Å²) in [6.45, 7) is -0.252. The molecule has 2 aromatic rings. The van der Waals surface area contributed by atoms with Crippen LogP contribution in [0.4, 0.5) is 5.69 Å². The standard InChI is InChI=1S/C17H18N4O4S/c1-19-17(15-5-3-2-4-6-15)20(13-18)26(24,25)12-11-14-7-9-16(10-8-14)21(22)23/h2-12H,13,18H2,1H3/p+1. The van der Waals surface area contributed by atoms with E-state index in [4.69, 9.17) is 5.73 Å². The van der Waals surface area contributed by atoms with E-state index in [2.05, 4.69) is 5.32 Å². The molecule has 0 bridgehead atoms. The van der Waals surface area contributed by atoms with E-state index in [1.54, 1.807) is 31.3 Å². The Morgan fingerprint density at radius 2 is 1.77 bits per heavy atom. The van der Waals surface area contributed by atoms with Crippen molar-refractivity contribution >= 4 is 27.6 Å². The maximum absolute atomic E-state index is 12.7. The molecule has 0 unspecified atom stereocenters. The van der Waals surface area contributed by atoms with Gasteiger partial charge in [-0.15, -0.1) is 3.98 Å². The van der Waals surface area contributed by atoms with Crippen LogP contribution in [0, 0.1) is 10.1 Å². The first-order valence-corrected chi connectivity index (χ1v) is 9.15. The Morgan fingerprint density at radius 1 is 1.15 bits per heavy atom. The van der Waals surface area contributed by atoms with Crippen molar-refractivity contribution in [2.75, 3.05) is 13.7 Å². The predicted molar refractivity (Wildman–Crippen MR) is 100.0 cm³/mol. The highest BCUT2D eigenvalue weighted by Crippen LogP contribution is 2.14. The first kappa shape index (κ1) is 19.3. The molecular formula is C17H19N4O4S+. The van der Waals surface area contributed by atoms with Crippen LogP contribution in [0.25, 0.3) is 6.08 Å². The number of nitro groups is 1. The van der Waals surface area contributed by atoms with Crippen LogP contribution in [0.3, 0.4) is 0 Å². The summed E-state index contributed by atoms with van der Waals surface area (Å²) in [4.78, 5) is 10.1. The van der Waals surface area contributed by atoms with Gasteiger partial charge in [-0.2, -0.15) is 8.42 Å². The van der Waals surface area contributed by atoms with Gasteiger partial charge >= 0.3 is 10.0 Å². The van der Waals surface area contributed by atoms with Gasteiger partial charge in [-0.05, 0) is 35.9 Å². The average Bonchev–Trinajstić information content (AvgIpc) is 2.65. The van der Waals surface area contributed by atoms with Gasteiger partial charge in [-0.25, -0.2) is 0 Å². The lowest BCUT2D eigenvalue weighted by atomic mass is 10.2. The van der Waals surface area contributed by atoms with Crippen LogP contribution in [-0.4, -0.2) is 36.9 Å². The minimum absolute atomic E-state index is 0.0662. The van der Waals surface area contributed by atoms with Crippen molar-refractivity contribution in [3.63, 3.8) is 0 Å². The van der Waals surface area contributed by atoms with E-state index in [1.807, 2.05) is 6.07 Å². The number of nitro benzene ring substituents is 1.